The van der Waals surface area contributed by atoms with Crippen LogP contribution in [0.1, 0.15) is 44.1 Å². The summed E-state index contributed by atoms with van der Waals surface area (Å²) in [6.45, 7) is 1.55. The van der Waals surface area contributed by atoms with Crippen LogP contribution in [-0.2, 0) is 16.0 Å². The van der Waals surface area contributed by atoms with Crippen LogP contribution >= 0.6 is 0 Å². The second-order valence-electron chi connectivity index (χ2n) is 5.52. The molecule has 1 rings (SSSR count). The van der Waals surface area contributed by atoms with Gasteiger partial charge in [0.15, 0.2) is 5.96 Å². The van der Waals surface area contributed by atoms with Gasteiger partial charge in [-0.3, -0.25) is 9.79 Å². The van der Waals surface area contributed by atoms with E-state index in [0.717, 1.165) is 51.6 Å². The highest BCUT2D eigenvalue weighted by molar-refractivity contribution is 5.77. The van der Waals surface area contributed by atoms with Gasteiger partial charge in [0.05, 0.1) is 7.11 Å². The molecular formula is C18H29N3O2. The number of esters is 1. The maximum atomic E-state index is 10.9. The Morgan fingerprint density at radius 3 is 2.57 bits per heavy atom. The highest BCUT2D eigenvalue weighted by Crippen LogP contribution is 2.06. The first kappa shape index (κ1) is 19.0. The number of nitrogens with two attached hydrogens (primary N) is 1. The van der Waals surface area contributed by atoms with E-state index in [0.29, 0.717) is 12.4 Å². The van der Waals surface area contributed by atoms with Gasteiger partial charge in [-0.2, -0.15) is 0 Å². The first-order chi connectivity index (χ1) is 11.2. The van der Waals surface area contributed by atoms with Gasteiger partial charge in [-0.25, -0.2) is 0 Å². The Hall–Kier alpha value is -2.04. The molecule has 0 aliphatic rings. The van der Waals surface area contributed by atoms with Crippen LogP contribution in [0.15, 0.2) is 35.3 Å². The number of hydrogen-bond acceptors (Lipinski definition) is 3. The summed E-state index contributed by atoms with van der Waals surface area (Å²) < 4.78 is 4.60. The van der Waals surface area contributed by atoms with Gasteiger partial charge in [-0.1, -0.05) is 49.6 Å². The highest BCUT2D eigenvalue weighted by atomic mass is 16.5. The largest absolute Gasteiger partial charge is 0.469 e. The molecule has 5 nitrogen and oxygen atoms in total. The fraction of sp³-hybridized carbons (Fsp3) is 0.556. The fourth-order valence-electron chi connectivity index (χ4n) is 2.25. The standard InChI is InChI=1S/C18H29N3O2/c1-23-17(22)12-8-3-2-4-9-14-20-18(19)21-15-13-16-10-6-5-7-11-16/h5-7,10-11H,2-4,8-9,12-15H2,1H3,(H3,19,20,21). The topological polar surface area (TPSA) is 76.7 Å². The zero-order chi connectivity index (χ0) is 16.8. The molecule has 0 aliphatic heterocycles. The third-order valence-corrected chi connectivity index (χ3v) is 3.61. The molecule has 0 saturated heterocycles. The first-order valence-corrected chi connectivity index (χ1v) is 8.37. The first-order valence-electron chi connectivity index (χ1n) is 8.37. The van der Waals surface area contributed by atoms with Crippen LogP contribution < -0.4 is 11.1 Å². The lowest BCUT2D eigenvalue weighted by Crippen LogP contribution is -2.33. The molecule has 0 unspecified atom stereocenters. The number of methoxy groups -OCH3 is 1. The molecule has 0 spiro atoms. The van der Waals surface area contributed by atoms with E-state index in [9.17, 15) is 4.79 Å². The average Bonchev–Trinajstić information content (AvgIpc) is 2.58. The van der Waals surface area contributed by atoms with Gasteiger partial charge in [-0.15, -0.1) is 0 Å². The molecule has 5 heteroatoms. The van der Waals surface area contributed by atoms with Gasteiger partial charge in [0.2, 0.25) is 0 Å². The Balaban J connectivity index is 1.96. The van der Waals surface area contributed by atoms with Gasteiger partial charge in [0.1, 0.15) is 0 Å². The number of hydrogen-bond donors (Lipinski definition) is 2. The van der Waals surface area contributed by atoms with Crippen molar-refractivity contribution in [2.24, 2.45) is 10.7 Å². The van der Waals surface area contributed by atoms with Gasteiger partial charge >= 0.3 is 5.97 Å². The van der Waals surface area contributed by atoms with E-state index >= 15 is 0 Å². The summed E-state index contributed by atoms with van der Waals surface area (Å²) in [4.78, 5) is 15.3. The molecule has 0 amide bonds. The Labute approximate surface area is 139 Å². The van der Waals surface area contributed by atoms with Gasteiger partial charge in [0.25, 0.3) is 0 Å². The lowest BCUT2D eigenvalue weighted by molar-refractivity contribution is -0.140. The lowest BCUT2D eigenvalue weighted by atomic mass is 10.1. The Bertz CT molecular complexity index is 461. The number of nitrogens with zero attached hydrogens (tertiary/aromatic N) is 1. The minimum Gasteiger partial charge on any atom is -0.469 e. The number of ether oxygens (including phenoxy) is 1. The van der Waals surface area contributed by atoms with Crippen molar-refractivity contribution in [1.82, 2.24) is 5.32 Å². The second kappa shape index (κ2) is 12.5. The Morgan fingerprint density at radius 1 is 1.13 bits per heavy atom. The highest BCUT2D eigenvalue weighted by Gasteiger charge is 1.99. The maximum absolute atomic E-state index is 10.9. The molecule has 0 aliphatic carbocycles. The number of aliphatic imine (C=N–C) groups is 1. The van der Waals surface area contributed by atoms with Crippen LogP contribution in [0.5, 0.6) is 0 Å². The summed E-state index contributed by atoms with van der Waals surface area (Å²) in [5.74, 6) is 0.399. The van der Waals surface area contributed by atoms with Crippen molar-refractivity contribution in [3.8, 4) is 0 Å². The quantitative estimate of drug-likeness (QED) is 0.284. The summed E-state index contributed by atoms with van der Waals surface area (Å²) >= 11 is 0. The molecule has 0 saturated carbocycles. The van der Waals surface area contributed by atoms with Crippen LogP contribution in [-0.4, -0.2) is 32.1 Å². The number of benzene rings is 1. The summed E-state index contributed by atoms with van der Waals surface area (Å²) in [5.41, 5.74) is 7.13. The summed E-state index contributed by atoms with van der Waals surface area (Å²) in [5, 5.41) is 3.14. The molecule has 0 heterocycles. The van der Waals surface area contributed by atoms with E-state index in [1.165, 1.54) is 12.7 Å². The van der Waals surface area contributed by atoms with E-state index < -0.39 is 0 Å². The molecule has 3 N–H and O–H groups in total. The van der Waals surface area contributed by atoms with E-state index in [1.54, 1.807) is 0 Å². The molecule has 0 radical (unpaired) electrons. The van der Waals surface area contributed by atoms with Crippen molar-refractivity contribution in [3.63, 3.8) is 0 Å². The third-order valence-electron chi connectivity index (χ3n) is 3.61. The van der Waals surface area contributed by atoms with Crippen LogP contribution in [0.3, 0.4) is 0 Å². The minimum absolute atomic E-state index is 0.121. The summed E-state index contributed by atoms with van der Waals surface area (Å²) in [6, 6.07) is 10.3. The van der Waals surface area contributed by atoms with E-state index in [-0.39, 0.29) is 5.97 Å². The third kappa shape index (κ3) is 10.3. The Kier molecular flexibility index (Phi) is 10.3. The van der Waals surface area contributed by atoms with Crippen molar-refractivity contribution < 1.29 is 9.53 Å². The number of carbonyl (C=O) groups is 1. The average molecular weight is 319 g/mol. The van der Waals surface area contributed by atoms with E-state index in [4.69, 9.17) is 5.73 Å². The number of carbonyl (C=O) groups excluding carboxylic acids is 1. The summed E-state index contributed by atoms with van der Waals surface area (Å²) in [7, 11) is 1.43. The molecule has 1 aromatic rings. The Morgan fingerprint density at radius 2 is 1.83 bits per heavy atom. The number of guanidine groups is 1. The maximum Gasteiger partial charge on any atom is 0.305 e. The fourth-order valence-corrected chi connectivity index (χ4v) is 2.25. The SMILES string of the molecule is COC(=O)CCCCCCCN=C(N)NCCc1ccccc1. The zero-order valence-electron chi connectivity index (χ0n) is 14.1. The van der Waals surface area contributed by atoms with Gasteiger partial charge in [0, 0.05) is 19.5 Å². The van der Waals surface area contributed by atoms with Crippen molar-refractivity contribution in [2.45, 2.75) is 44.9 Å². The number of nitrogens with one attached hydrogen (secondary N) is 1. The smallest absolute Gasteiger partial charge is 0.305 e. The molecular weight excluding hydrogens is 290 g/mol. The monoisotopic (exact) mass is 319 g/mol. The minimum atomic E-state index is -0.121. The second-order valence-corrected chi connectivity index (χ2v) is 5.52. The lowest BCUT2D eigenvalue weighted by Gasteiger charge is -2.06. The molecule has 1 aromatic carbocycles. The van der Waals surface area contributed by atoms with Crippen molar-refractivity contribution in [1.29, 1.82) is 0 Å². The van der Waals surface area contributed by atoms with Crippen LogP contribution in [0, 0.1) is 0 Å². The molecule has 0 bridgehead atoms. The van der Waals surface area contributed by atoms with Crippen molar-refractivity contribution >= 4 is 11.9 Å². The predicted octanol–water partition coefficient (Wildman–Crippen LogP) is 2.65. The van der Waals surface area contributed by atoms with E-state index in [2.05, 4.69) is 27.2 Å². The molecule has 23 heavy (non-hydrogen) atoms. The summed E-state index contributed by atoms with van der Waals surface area (Å²) in [6.07, 6.45) is 6.68. The van der Waals surface area contributed by atoms with Crippen LogP contribution in [0.2, 0.25) is 0 Å². The zero-order valence-corrected chi connectivity index (χ0v) is 14.1. The molecule has 128 valence electrons. The van der Waals surface area contributed by atoms with Gasteiger partial charge < -0.3 is 15.8 Å². The molecule has 0 atom stereocenters. The normalized spacial score (nSPS) is 11.3. The number of unbranched alkanes of at least 4 members (excludes halogenated alkanes) is 4. The molecule has 0 fully saturated rings. The van der Waals surface area contributed by atoms with Crippen LogP contribution in [0.4, 0.5) is 0 Å². The number of rotatable bonds is 11. The van der Waals surface area contributed by atoms with E-state index in [1.807, 2.05) is 18.2 Å². The predicted molar refractivity (Wildman–Crippen MR) is 94.4 cm³/mol. The van der Waals surface area contributed by atoms with Crippen molar-refractivity contribution in [3.05, 3.63) is 35.9 Å². The van der Waals surface area contributed by atoms with Crippen LogP contribution in [0.25, 0.3) is 0 Å². The molecule has 0 aromatic heterocycles. The van der Waals surface area contributed by atoms with Crippen molar-refractivity contribution in [2.75, 3.05) is 20.2 Å². The van der Waals surface area contributed by atoms with Gasteiger partial charge in [-0.05, 0) is 24.8 Å².